The number of nitrogens with zero attached hydrogens (tertiary/aromatic N) is 2. The monoisotopic (exact) mass is 238 g/mol. The first-order chi connectivity index (χ1) is 8.61. The molecule has 90 valence electrons. The summed E-state index contributed by atoms with van der Waals surface area (Å²) < 4.78 is 0. The van der Waals surface area contributed by atoms with Crippen molar-refractivity contribution in [3.8, 4) is 11.8 Å². The van der Waals surface area contributed by atoms with E-state index >= 15 is 0 Å². The molecule has 18 heavy (non-hydrogen) atoms. The molecule has 0 aliphatic carbocycles. The second-order valence-corrected chi connectivity index (χ2v) is 4.21. The van der Waals surface area contributed by atoms with Crippen LogP contribution < -0.4 is 4.90 Å². The molecule has 0 heterocycles. The van der Waals surface area contributed by atoms with Gasteiger partial charge < -0.3 is 10.0 Å². The van der Waals surface area contributed by atoms with E-state index in [1.807, 2.05) is 43.1 Å². The van der Waals surface area contributed by atoms with Crippen molar-refractivity contribution in [1.29, 1.82) is 5.26 Å². The first-order valence-electron chi connectivity index (χ1n) is 5.65. The smallest absolute Gasteiger partial charge is 0.117 e. The van der Waals surface area contributed by atoms with Crippen LogP contribution in [0.2, 0.25) is 0 Å². The number of aromatic hydroxyl groups is 1. The standard InChI is InChI=1S/C15H14N2O/c1-11-6-7-12(10-16)15(8-11)17(2)13-4-3-5-14(18)9-13/h3-9,18H,1-2H3. The highest BCUT2D eigenvalue weighted by atomic mass is 16.3. The molecule has 0 amide bonds. The first kappa shape index (κ1) is 12.0. The van der Waals surface area contributed by atoms with Crippen molar-refractivity contribution in [3.63, 3.8) is 0 Å². The van der Waals surface area contributed by atoms with E-state index in [2.05, 4.69) is 6.07 Å². The third-order valence-corrected chi connectivity index (χ3v) is 2.85. The lowest BCUT2D eigenvalue weighted by atomic mass is 10.1. The molecule has 0 saturated carbocycles. The van der Waals surface area contributed by atoms with Crippen molar-refractivity contribution in [1.82, 2.24) is 0 Å². The first-order valence-corrected chi connectivity index (χ1v) is 5.65. The van der Waals surface area contributed by atoms with Crippen LogP contribution in [-0.2, 0) is 0 Å². The number of benzene rings is 2. The van der Waals surface area contributed by atoms with Crippen LogP contribution >= 0.6 is 0 Å². The van der Waals surface area contributed by atoms with E-state index < -0.39 is 0 Å². The fourth-order valence-corrected chi connectivity index (χ4v) is 1.85. The molecule has 3 heteroatoms. The van der Waals surface area contributed by atoms with Gasteiger partial charge in [0.2, 0.25) is 0 Å². The molecule has 2 rings (SSSR count). The minimum absolute atomic E-state index is 0.213. The second-order valence-electron chi connectivity index (χ2n) is 4.21. The third-order valence-electron chi connectivity index (χ3n) is 2.85. The fraction of sp³-hybridized carbons (Fsp3) is 0.133. The van der Waals surface area contributed by atoms with E-state index in [0.29, 0.717) is 5.56 Å². The minimum Gasteiger partial charge on any atom is -0.508 e. The zero-order valence-corrected chi connectivity index (χ0v) is 10.4. The highest BCUT2D eigenvalue weighted by Gasteiger charge is 2.09. The van der Waals surface area contributed by atoms with Crippen LogP contribution in [0, 0.1) is 18.3 Å². The predicted octanol–water partition coefficient (Wildman–Crippen LogP) is 3.34. The number of anilines is 2. The summed E-state index contributed by atoms with van der Waals surface area (Å²) in [7, 11) is 1.88. The van der Waals surface area contributed by atoms with E-state index in [1.54, 1.807) is 18.2 Å². The Hall–Kier alpha value is -2.47. The van der Waals surface area contributed by atoms with E-state index in [1.165, 1.54) is 0 Å². The number of nitriles is 1. The van der Waals surface area contributed by atoms with Gasteiger partial charge in [0.05, 0.1) is 11.3 Å². The molecule has 0 radical (unpaired) electrons. The molecular formula is C15H14N2O. The normalized spacial score (nSPS) is 9.83. The Morgan fingerprint density at radius 3 is 2.61 bits per heavy atom. The van der Waals surface area contributed by atoms with Gasteiger partial charge in [-0.1, -0.05) is 12.1 Å². The number of hydrogen-bond acceptors (Lipinski definition) is 3. The molecular weight excluding hydrogens is 224 g/mol. The number of phenols is 1. The zero-order valence-electron chi connectivity index (χ0n) is 10.4. The van der Waals surface area contributed by atoms with Gasteiger partial charge in [-0.3, -0.25) is 0 Å². The van der Waals surface area contributed by atoms with E-state index in [-0.39, 0.29) is 5.75 Å². The summed E-state index contributed by atoms with van der Waals surface area (Å²) in [5.41, 5.74) is 3.39. The van der Waals surface area contributed by atoms with Crippen molar-refractivity contribution in [3.05, 3.63) is 53.6 Å². The molecule has 0 unspecified atom stereocenters. The molecule has 0 saturated heterocycles. The van der Waals surface area contributed by atoms with E-state index in [0.717, 1.165) is 16.9 Å². The highest BCUT2D eigenvalue weighted by molar-refractivity contribution is 5.70. The van der Waals surface area contributed by atoms with Gasteiger partial charge in [-0.25, -0.2) is 0 Å². The van der Waals surface area contributed by atoms with Crippen LogP contribution in [0.3, 0.4) is 0 Å². The summed E-state index contributed by atoms with van der Waals surface area (Å²) >= 11 is 0. The number of aryl methyl sites for hydroxylation is 1. The molecule has 0 fully saturated rings. The van der Waals surface area contributed by atoms with Crippen LogP contribution in [0.4, 0.5) is 11.4 Å². The van der Waals surface area contributed by atoms with Gasteiger partial charge in [0.1, 0.15) is 11.8 Å². The Labute approximate surface area is 107 Å². The Morgan fingerprint density at radius 1 is 1.17 bits per heavy atom. The summed E-state index contributed by atoms with van der Waals surface area (Å²) in [6, 6.07) is 14.8. The maximum atomic E-state index is 9.50. The second kappa shape index (κ2) is 4.80. The molecule has 0 bridgehead atoms. The predicted molar refractivity (Wildman–Crippen MR) is 72.1 cm³/mol. The van der Waals surface area contributed by atoms with Gasteiger partial charge in [-0.05, 0) is 36.8 Å². The summed E-state index contributed by atoms with van der Waals surface area (Å²) in [4.78, 5) is 1.89. The molecule has 3 nitrogen and oxygen atoms in total. The maximum absolute atomic E-state index is 9.50. The lowest BCUT2D eigenvalue weighted by molar-refractivity contribution is 0.475. The van der Waals surface area contributed by atoms with Gasteiger partial charge in [-0.2, -0.15) is 5.26 Å². The molecule has 0 aromatic heterocycles. The summed E-state index contributed by atoms with van der Waals surface area (Å²) in [6.45, 7) is 1.99. The molecule has 1 N–H and O–H groups in total. The minimum atomic E-state index is 0.213. The lowest BCUT2D eigenvalue weighted by Gasteiger charge is -2.21. The van der Waals surface area contributed by atoms with Gasteiger partial charge in [0.15, 0.2) is 0 Å². The van der Waals surface area contributed by atoms with Crippen molar-refractivity contribution >= 4 is 11.4 Å². The Kier molecular flexibility index (Phi) is 3.20. The number of rotatable bonds is 2. The third kappa shape index (κ3) is 2.28. The van der Waals surface area contributed by atoms with Gasteiger partial charge in [-0.15, -0.1) is 0 Å². The van der Waals surface area contributed by atoms with Crippen LogP contribution in [0.5, 0.6) is 5.75 Å². The van der Waals surface area contributed by atoms with Gasteiger partial charge >= 0.3 is 0 Å². The lowest BCUT2D eigenvalue weighted by Crippen LogP contribution is -2.11. The van der Waals surface area contributed by atoms with Crippen LogP contribution in [0.25, 0.3) is 0 Å². The van der Waals surface area contributed by atoms with Crippen LogP contribution in [-0.4, -0.2) is 12.2 Å². The van der Waals surface area contributed by atoms with E-state index in [9.17, 15) is 5.11 Å². The van der Waals surface area contributed by atoms with Gasteiger partial charge in [0, 0.05) is 18.8 Å². The summed E-state index contributed by atoms with van der Waals surface area (Å²) in [5, 5.41) is 18.6. The van der Waals surface area contributed by atoms with Crippen LogP contribution in [0.15, 0.2) is 42.5 Å². The SMILES string of the molecule is Cc1ccc(C#N)c(N(C)c2cccc(O)c2)c1. The van der Waals surface area contributed by atoms with Crippen molar-refractivity contribution in [2.24, 2.45) is 0 Å². The topological polar surface area (TPSA) is 47.3 Å². The molecule has 0 spiro atoms. The average molecular weight is 238 g/mol. The molecule has 0 aliphatic rings. The van der Waals surface area contributed by atoms with Crippen molar-refractivity contribution in [2.45, 2.75) is 6.92 Å². The largest absolute Gasteiger partial charge is 0.508 e. The molecule has 0 aliphatic heterocycles. The highest BCUT2D eigenvalue weighted by Crippen LogP contribution is 2.29. The number of hydrogen-bond donors (Lipinski definition) is 1. The summed E-state index contributed by atoms with van der Waals surface area (Å²) in [6.07, 6.45) is 0. The van der Waals surface area contributed by atoms with Gasteiger partial charge in [0.25, 0.3) is 0 Å². The average Bonchev–Trinajstić information content (AvgIpc) is 2.38. The van der Waals surface area contributed by atoms with Crippen molar-refractivity contribution < 1.29 is 5.11 Å². The quantitative estimate of drug-likeness (QED) is 0.872. The van der Waals surface area contributed by atoms with E-state index in [4.69, 9.17) is 5.26 Å². The Bertz CT molecular complexity index is 614. The van der Waals surface area contributed by atoms with Crippen molar-refractivity contribution in [2.75, 3.05) is 11.9 Å². The molecule has 2 aromatic rings. The molecule has 0 atom stereocenters. The molecule has 2 aromatic carbocycles. The Balaban J connectivity index is 2.49. The summed E-state index contributed by atoms with van der Waals surface area (Å²) in [5.74, 6) is 0.213. The maximum Gasteiger partial charge on any atom is 0.117 e. The van der Waals surface area contributed by atoms with Crippen LogP contribution in [0.1, 0.15) is 11.1 Å². The fourth-order valence-electron chi connectivity index (χ4n) is 1.85. The zero-order chi connectivity index (χ0) is 13.1. The number of phenolic OH excluding ortho intramolecular Hbond substituents is 1. The Morgan fingerprint density at radius 2 is 1.94 bits per heavy atom.